The van der Waals surface area contributed by atoms with E-state index in [9.17, 15) is 0 Å². The zero-order valence-electron chi connectivity index (χ0n) is 20.4. The van der Waals surface area contributed by atoms with E-state index in [1.54, 1.807) is 6.20 Å². The second-order valence-electron chi connectivity index (χ2n) is 8.92. The smallest absolute Gasteiger partial charge is 0.159 e. The molecule has 0 spiro atoms. The van der Waals surface area contributed by atoms with Gasteiger partial charge in [-0.05, 0) is 46.0 Å². The first kappa shape index (κ1) is 22.6. The fraction of sp³-hybridized carbons (Fsp3) is 0.0625. The van der Waals surface area contributed by atoms with Crippen LogP contribution >= 0.6 is 0 Å². The Morgan fingerprint density at radius 2 is 1.16 bits per heavy atom. The Balaban J connectivity index is 1.38. The molecule has 5 heteroatoms. The van der Waals surface area contributed by atoms with Crippen LogP contribution in [0.15, 0.2) is 138 Å². The van der Waals surface area contributed by atoms with Gasteiger partial charge in [-0.3, -0.25) is 9.97 Å². The summed E-state index contributed by atoms with van der Waals surface area (Å²) >= 11 is 0. The maximum absolute atomic E-state index is 5.12. The molecule has 5 nitrogen and oxygen atoms in total. The van der Waals surface area contributed by atoms with E-state index in [4.69, 9.17) is 9.98 Å². The van der Waals surface area contributed by atoms with Gasteiger partial charge in [0.25, 0.3) is 0 Å². The highest BCUT2D eigenvalue weighted by Crippen LogP contribution is 2.30. The standard InChI is InChI=1S/C32H25N5/c1-37-31(27-6-3-2-4-7-27)35-30(26-13-9-24(10-14-26)29-8-5-19-34-22-29)36-32(37)28-15-11-23(12-16-28)25-17-20-33-21-18-25/h2-22,32H,1H3. The van der Waals surface area contributed by atoms with Crippen molar-refractivity contribution in [2.75, 3.05) is 7.05 Å². The monoisotopic (exact) mass is 479 g/mol. The van der Waals surface area contributed by atoms with Crippen molar-refractivity contribution in [2.45, 2.75) is 6.17 Å². The zero-order chi connectivity index (χ0) is 25.0. The molecule has 0 amide bonds. The summed E-state index contributed by atoms with van der Waals surface area (Å²) in [5.74, 6) is 1.61. The lowest BCUT2D eigenvalue weighted by molar-refractivity contribution is 0.383. The second-order valence-corrected chi connectivity index (χ2v) is 8.92. The molecule has 5 aromatic rings. The highest BCUT2D eigenvalue weighted by Gasteiger charge is 2.26. The van der Waals surface area contributed by atoms with Crippen molar-refractivity contribution in [1.82, 2.24) is 14.9 Å². The maximum atomic E-state index is 5.12. The summed E-state index contributed by atoms with van der Waals surface area (Å²) in [4.78, 5) is 20.6. The minimum atomic E-state index is -0.202. The lowest BCUT2D eigenvalue weighted by Crippen LogP contribution is -2.35. The van der Waals surface area contributed by atoms with Gasteiger partial charge in [-0.2, -0.15) is 0 Å². The average molecular weight is 480 g/mol. The van der Waals surface area contributed by atoms with Crippen LogP contribution in [0.25, 0.3) is 22.3 Å². The van der Waals surface area contributed by atoms with Gasteiger partial charge in [-0.1, -0.05) is 84.9 Å². The molecule has 3 heterocycles. The Labute approximate surface area is 216 Å². The van der Waals surface area contributed by atoms with E-state index in [1.807, 2.05) is 55.0 Å². The molecule has 0 saturated carbocycles. The first-order valence-corrected chi connectivity index (χ1v) is 12.2. The van der Waals surface area contributed by atoms with Gasteiger partial charge in [0, 0.05) is 43.0 Å². The molecule has 1 aliphatic rings. The molecule has 1 atom stereocenters. The van der Waals surface area contributed by atoms with Crippen LogP contribution in [-0.4, -0.2) is 33.6 Å². The van der Waals surface area contributed by atoms with Crippen molar-refractivity contribution in [3.63, 3.8) is 0 Å². The minimum absolute atomic E-state index is 0.202. The molecular weight excluding hydrogens is 454 g/mol. The third kappa shape index (κ3) is 4.67. The lowest BCUT2D eigenvalue weighted by Gasteiger charge is -2.32. The number of aliphatic imine (C=N–C) groups is 2. The van der Waals surface area contributed by atoms with Crippen LogP contribution < -0.4 is 0 Å². The molecule has 178 valence electrons. The number of pyridine rings is 2. The largest absolute Gasteiger partial charge is 0.333 e. The van der Waals surface area contributed by atoms with Gasteiger partial charge < -0.3 is 4.90 Å². The highest BCUT2D eigenvalue weighted by atomic mass is 15.3. The summed E-state index contributed by atoms with van der Waals surface area (Å²) in [6.45, 7) is 0. The highest BCUT2D eigenvalue weighted by molar-refractivity contribution is 6.13. The first-order chi connectivity index (χ1) is 18.3. The van der Waals surface area contributed by atoms with Crippen LogP contribution in [0.4, 0.5) is 0 Å². The molecule has 0 bridgehead atoms. The number of benzene rings is 3. The van der Waals surface area contributed by atoms with Crippen LogP contribution in [-0.2, 0) is 0 Å². The number of hydrogen-bond acceptors (Lipinski definition) is 5. The van der Waals surface area contributed by atoms with Gasteiger partial charge in [-0.15, -0.1) is 0 Å². The molecule has 2 aromatic heterocycles. The Morgan fingerprint density at radius 3 is 1.86 bits per heavy atom. The minimum Gasteiger partial charge on any atom is -0.333 e. The zero-order valence-corrected chi connectivity index (χ0v) is 20.4. The van der Waals surface area contributed by atoms with E-state index in [1.165, 1.54) is 0 Å². The van der Waals surface area contributed by atoms with Gasteiger partial charge >= 0.3 is 0 Å². The van der Waals surface area contributed by atoms with Crippen LogP contribution in [0.5, 0.6) is 0 Å². The van der Waals surface area contributed by atoms with E-state index in [0.717, 1.165) is 50.6 Å². The third-order valence-corrected chi connectivity index (χ3v) is 6.55. The summed E-state index contributed by atoms with van der Waals surface area (Å²) < 4.78 is 0. The van der Waals surface area contributed by atoms with E-state index in [-0.39, 0.29) is 6.17 Å². The summed E-state index contributed by atoms with van der Waals surface area (Å²) in [5.41, 5.74) is 7.63. The molecule has 1 unspecified atom stereocenters. The van der Waals surface area contributed by atoms with E-state index < -0.39 is 0 Å². The van der Waals surface area contributed by atoms with Gasteiger partial charge in [0.2, 0.25) is 0 Å². The summed E-state index contributed by atoms with van der Waals surface area (Å²) in [6, 6.07) is 35.3. The van der Waals surface area contributed by atoms with E-state index in [0.29, 0.717) is 0 Å². The lowest BCUT2D eigenvalue weighted by atomic mass is 10.0. The van der Waals surface area contributed by atoms with Crippen molar-refractivity contribution >= 4 is 11.7 Å². The van der Waals surface area contributed by atoms with Crippen molar-refractivity contribution in [3.8, 4) is 22.3 Å². The molecule has 37 heavy (non-hydrogen) atoms. The SMILES string of the molecule is CN1C(c2ccccc2)=NC(c2ccc(-c3cccnc3)cc2)=NC1c1ccc(-c2ccncc2)cc1. The molecule has 3 aromatic carbocycles. The molecule has 1 aliphatic heterocycles. The summed E-state index contributed by atoms with van der Waals surface area (Å²) in [5, 5.41) is 0. The Morgan fingerprint density at radius 1 is 0.541 bits per heavy atom. The number of nitrogens with zero attached hydrogens (tertiary/aromatic N) is 5. The van der Waals surface area contributed by atoms with Crippen LogP contribution in [0.2, 0.25) is 0 Å². The van der Waals surface area contributed by atoms with Gasteiger partial charge in [0.1, 0.15) is 12.0 Å². The molecule has 6 rings (SSSR count). The van der Waals surface area contributed by atoms with E-state index in [2.05, 4.69) is 88.6 Å². The Bertz CT molecular complexity index is 1540. The van der Waals surface area contributed by atoms with Crippen LogP contribution in [0, 0.1) is 0 Å². The third-order valence-electron chi connectivity index (χ3n) is 6.55. The van der Waals surface area contributed by atoms with E-state index >= 15 is 0 Å². The fourth-order valence-electron chi connectivity index (χ4n) is 4.56. The first-order valence-electron chi connectivity index (χ1n) is 12.2. The predicted molar refractivity (Wildman–Crippen MR) is 149 cm³/mol. The molecule has 0 N–H and O–H groups in total. The fourth-order valence-corrected chi connectivity index (χ4v) is 4.56. The molecule has 0 aliphatic carbocycles. The molecule has 0 saturated heterocycles. The number of aromatic nitrogens is 2. The normalized spacial score (nSPS) is 15.2. The Hall–Kier alpha value is -4.90. The molecule has 0 radical (unpaired) electrons. The number of amidine groups is 2. The van der Waals surface area contributed by atoms with Gasteiger partial charge in [-0.25, -0.2) is 9.98 Å². The van der Waals surface area contributed by atoms with Crippen LogP contribution in [0.1, 0.15) is 22.9 Å². The maximum Gasteiger partial charge on any atom is 0.159 e. The van der Waals surface area contributed by atoms with Gasteiger partial charge in [0.05, 0.1) is 0 Å². The number of rotatable bonds is 5. The Kier molecular flexibility index (Phi) is 6.09. The second kappa shape index (κ2) is 9.99. The number of hydrogen-bond donors (Lipinski definition) is 0. The van der Waals surface area contributed by atoms with Crippen LogP contribution in [0.3, 0.4) is 0 Å². The average Bonchev–Trinajstić information content (AvgIpc) is 2.99. The van der Waals surface area contributed by atoms with Crippen molar-refractivity contribution in [3.05, 3.63) is 145 Å². The van der Waals surface area contributed by atoms with Gasteiger partial charge in [0.15, 0.2) is 5.84 Å². The quantitative estimate of drug-likeness (QED) is 0.284. The van der Waals surface area contributed by atoms with Crippen molar-refractivity contribution in [1.29, 1.82) is 0 Å². The topological polar surface area (TPSA) is 53.7 Å². The summed E-state index contributed by atoms with van der Waals surface area (Å²) in [7, 11) is 2.05. The predicted octanol–water partition coefficient (Wildman–Crippen LogP) is 6.65. The van der Waals surface area contributed by atoms with Crippen molar-refractivity contribution in [2.24, 2.45) is 9.98 Å². The molecular formula is C32H25N5. The van der Waals surface area contributed by atoms with Crippen molar-refractivity contribution < 1.29 is 0 Å². The molecule has 0 fully saturated rings. The summed E-state index contributed by atoms with van der Waals surface area (Å²) in [6.07, 6.45) is 7.09.